The van der Waals surface area contributed by atoms with Crippen molar-refractivity contribution < 1.29 is 9.21 Å². The number of amides is 1. The van der Waals surface area contributed by atoms with Crippen molar-refractivity contribution in [1.82, 2.24) is 19.4 Å². The van der Waals surface area contributed by atoms with Gasteiger partial charge in [-0.3, -0.25) is 18.7 Å². The van der Waals surface area contributed by atoms with Crippen LogP contribution in [0.2, 0.25) is 0 Å². The van der Waals surface area contributed by atoms with E-state index in [2.05, 4.69) is 15.2 Å². The summed E-state index contributed by atoms with van der Waals surface area (Å²) in [7, 11) is 1.41. The molecule has 1 aliphatic rings. The van der Waals surface area contributed by atoms with Gasteiger partial charge in [-0.25, -0.2) is 9.78 Å². The van der Waals surface area contributed by atoms with Crippen LogP contribution in [0.1, 0.15) is 18.6 Å². The molecule has 9 nitrogen and oxygen atoms in total. The molecule has 1 fully saturated rings. The Bertz CT molecular complexity index is 1090. The Kier molecular flexibility index (Phi) is 4.56. The van der Waals surface area contributed by atoms with Gasteiger partial charge < -0.3 is 14.6 Å². The average molecular weight is 389 g/mol. The van der Waals surface area contributed by atoms with Crippen LogP contribution in [0.15, 0.2) is 32.4 Å². The molecule has 3 aromatic rings. The molecule has 0 unspecified atom stereocenters. The quantitative estimate of drug-likeness (QED) is 0.688. The first-order valence-corrected chi connectivity index (χ1v) is 9.50. The van der Waals surface area contributed by atoms with E-state index in [1.165, 1.54) is 29.2 Å². The first-order valence-electron chi connectivity index (χ1n) is 8.69. The van der Waals surface area contributed by atoms with E-state index in [0.717, 1.165) is 35.6 Å². The van der Waals surface area contributed by atoms with Gasteiger partial charge in [-0.05, 0) is 25.0 Å². The van der Waals surface area contributed by atoms with Crippen molar-refractivity contribution in [3.8, 4) is 0 Å². The molecule has 4 heterocycles. The lowest BCUT2D eigenvalue weighted by Crippen LogP contribution is -2.41. The molecule has 1 amide bonds. The van der Waals surface area contributed by atoms with Crippen LogP contribution in [0.4, 0.5) is 5.13 Å². The smallest absolute Gasteiger partial charge is 0.332 e. The van der Waals surface area contributed by atoms with Crippen LogP contribution in [0.25, 0.3) is 10.3 Å². The highest BCUT2D eigenvalue weighted by Crippen LogP contribution is 2.28. The lowest BCUT2D eigenvalue weighted by atomic mass is 10.4. The van der Waals surface area contributed by atoms with Crippen molar-refractivity contribution in [1.29, 1.82) is 0 Å². The summed E-state index contributed by atoms with van der Waals surface area (Å²) in [6, 6.07) is 3.48. The molecule has 0 aliphatic carbocycles. The van der Waals surface area contributed by atoms with Gasteiger partial charge in [0.05, 0.1) is 12.8 Å². The van der Waals surface area contributed by atoms with Gasteiger partial charge in [0.25, 0.3) is 5.56 Å². The van der Waals surface area contributed by atoms with E-state index < -0.39 is 5.69 Å². The normalized spacial score (nSPS) is 14.2. The SMILES string of the molecule is Cn1c(=O)c2sc(N3CCCC3)nc2n(CC(=O)NCc2ccco2)c1=O. The van der Waals surface area contributed by atoms with Gasteiger partial charge in [-0.2, -0.15) is 0 Å². The van der Waals surface area contributed by atoms with Gasteiger partial charge in [0.2, 0.25) is 5.91 Å². The third-order valence-corrected chi connectivity index (χ3v) is 5.68. The number of carbonyl (C=O) groups is 1. The maximum Gasteiger partial charge on any atom is 0.332 e. The van der Waals surface area contributed by atoms with E-state index in [1.807, 2.05) is 0 Å². The van der Waals surface area contributed by atoms with E-state index in [0.29, 0.717) is 10.5 Å². The number of rotatable bonds is 5. The molecular weight excluding hydrogens is 370 g/mol. The summed E-state index contributed by atoms with van der Waals surface area (Å²) in [5.74, 6) is 0.260. The van der Waals surface area contributed by atoms with Crippen LogP contribution >= 0.6 is 11.3 Å². The standard InChI is InChI=1S/C17H19N5O4S/c1-20-15(24)13-14(19-16(27-13)21-6-2-3-7-21)22(17(20)25)10-12(23)18-9-11-5-4-8-26-11/h4-5,8H,2-3,6-7,9-10H2,1H3,(H,18,23). The summed E-state index contributed by atoms with van der Waals surface area (Å²) < 4.78 is 7.84. The Labute approximate surface area is 157 Å². The minimum atomic E-state index is -0.557. The molecule has 10 heteroatoms. The minimum Gasteiger partial charge on any atom is -0.467 e. The van der Waals surface area contributed by atoms with Gasteiger partial charge >= 0.3 is 5.69 Å². The zero-order valence-electron chi connectivity index (χ0n) is 14.8. The number of furan rings is 1. The van der Waals surface area contributed by atoms with Crippen molar-refractivity contribution in [2.45, 2.75) is 25.9 Å². The summed E-state index contributed by atoms with van der Waals surface area (Å²) in [5.41, 5.74) is -0.674. The van der Waals surface area contributed by atoms with Gasteiger partial charge in [0, 0.05) is 20.1 Å². The molecule has 3 aromatic heterocycles. The van der Waals surface area contributed by atoms with Gasteiger partial charge in [-0.15, -0.1) is 0 Å². The van der Waals surface area contributed by atoms with E-state index in [9.17, 15) is 14.4 Å². The minimum absolute atomic E-state index is 0.215. The molecule has 0 atom stereocenters. The maximum absolute atomic E-state index is 12.6. The number of carbonyl (C=O) groups excluding carboxylic acids is 1. The average Bonchev–Trinajstić information content (AvgIpc) is 3.41. The van der Waals surface area contributed by atoms with Crippen LogP contribution in [-0.2, 0) is 24.9 Å². The van der Waals surface area contributed by atoms with Crippen LogP contribution in [0.5, 0.6) is 0 Å². The predicted octanol–water partition coefficient (Wildman–Crippen LogP) is 0.666. The molecule has 0 radical (unpaired) electrons. The first-order chi connectivity index (χ1) is 13.0. The van der Waals surface area contributed by atoms with E-state index >= 15 is 0 Å². The molecule has 0 spiro atoms. The van der Waals surface area contributed by atoms with Crippen molar-refractivity contribution in [3.63, 3.8) is 0 Å². The summed E-state index contributed by atoms with van der Waals surface area (Å²) in [6.07, 6.45) is 3.68. The number of aromatic nitrogens is 3. The molecule has 1 N–H and O–H groups in total. The molecular formula is C17H19N5O4S. The summed E-state index contributed by atoms with van der Waals surface area (Å²) in [4.78, 5) is 44.0. The number of nitrogens with zero attached hydrogens (tertiary/aromatic N) is 4. The topological polar surface area (TPSA) is 102 Å². The Morgan fingerprint density at radius 1 is 1.33 bits per heavy atom. The highest BCUT2D eigenvalue weighted by atomic mass is 32.1. The third kappa shape index (κ3) is 3.27. The third-order valence-electron chi connectivity index (χ3n) is 4.59. The van der Waals surface area contributed by atoms with Crippen molar-refractivity contribution in [2.75, 3.05) is 18.0 Å². The second-order valence-electron chi connectivity index (χ2n) is 6.43. The Morgan fingerprint density at radius 2 is 2.11 bits per heavy atom. The lowest BCUT2D eigenvalue weighted by molar-refractivity contribution is -0.121. The highest BCUT2D eigenvalue weighted by Gasteiger charge is 2.22. The van der Waals surface area contributed by atoms with Crippen LogP contribution in [0.3, 0.4) is 0 Å². The number of fused-ring (bicyclic) bond motifs is 1. The molecule has 0 bridgehead atoms. The van der Waals surface area contributed by atoms with Crippen molar-refractivity contribution >= 4 is 32.7 Å². The summed E-state index contributed by atoms with van der Waals surface area (Å²) in [5, 5.41) is 3.42. The number of anilines is 1. The Balaban J connectivity index is 1.67. The zero-order chi connectivity index (χ0) is 19.0. The van der Waals surface area contributed by atoms with Crippen molar-refractivity contribution in [2.24, 2.45) is 7.05 Å². The fraction of sp³-hybridized carbons (Fsp3) is 0.412. The summed E-state index contributed by atoms with van der Waals surface area (Å²) in [6.45, 7) is 1.78. The fourth-order valence-electron chi connectivity index (χ4n) is 3.12. The fourth-order valence-corrected chi connectivity index (χ4v) is 4.22. The lowest BCUT2D eigenvalue weighted by Gasteiger charge is -2.12. The monoisotopic (exact) mass is 389 g/mol. The molecule has 27 heavy (non-hydrogen) atoms. The number of hydrogen-bond donors (Lipinski definition) is 1. The van der Waals surface area contributed by atoms with Gasteiger partial charge in [0.15, 0.2) is 10.8 Å². The Morgan fingerprint density at radius 3 is 2.81 bits per heavy atom. The van der Waals surface area contributed by atoms with E-state index in [-0.39, 0.29) is 30.2 Å². The van der Waals surface area contributed by atoms with E-state index in [1.54, 1.807) is 12.1 Å². The first kappa shape index (κ1) is 17.5. The largest absolute Gasteiger partial charge is 0.467 e. The second kappa shape index (κ2) is 7.03. The number of nitrogens with one attached hydrogen (secondary N) is 1. The van der Waals surface area contributed by atoms with Crippen LogP contribution < -0.4 is 21.5 Å². The van der Waals surface area contributed by atoms with Gasteiger partial charge in [0.1, 0.15) is 17.0 Å². The number of hydrogen-bond acceptors (Lipinski definition) is 7. The predicted molar refractivity (Wildman–Crippen MR) is 101 cm³/mol. The molecule has 0 saturated carbocycles. The summed E-state index contributed by atoms with van der Waals surface area (Å²) >= 11 is 1.27. The Hall–Kier alpha value is -2.88. The number of thiazole rings is 1. The maximum atomic E-state index is 12.6. The zero-order valence-corrected chi connectivity index (χ0v) is 15.6. The molecule has 4 rings (SSSR count). The molecule has 142 valence electrons. The second-order valence-corrected chi connectivity index (χ2v) is 7.41. The molecule has 1 saturated heterocycles. The molecule has 1 aliphatic heterocycles. The highest BCUT2D eigenvalue weighted by molar-refractivity contribution is 7.22. The van der Waals surface area contributed by atoms with Gasteiger partial charge in [-0.1, -0.05) is 11.3 Å². The van der Waals surface area contributed by atoms with Crippen LogP contribution in [0, 0.1) is 0 Å². The van der Waals surface area contributed by atoms with Crippen molar-refractivity contribution in [3.05, 3.63) is 45.0 Å². The van der Waals surface area contributed by atoms with Crippen LogP contribution in [-0.4, -0.2) is 33.1 Å². The van der Waals surface area contributed by atoms with E-state index in [4.69, 9.17) is 4.42 Å². The molecule has 0 aromatic carbocycles.